The van der Waals surface area contributed by atoms with Gasteiger partial charge in [-0.1, -0.05) is 6.08 Å². The first-order valence-electron chi connectivity index (χ1n) is 4.95. The molecule has 0 aromatic carbocycles. The Labute approximate surface area is 84.8 Å². The van der Waals surface area contributed by atoms with E-state index in [2.05, 4.69) is 17.9 Å². The van der Waals surface area contributed by atoms with Gasteiger partial charge in [0.25, 0.3) is 0 Å². The zero-order valence-corrected chi connectivity index (χ0v) is 8.86. The Morgan fingerprint density at radius 1 is 1.29 bits per heavy atom. The van der Waals surface area contributed by atoms with Crippen LogP contribution < -0.4 is 0 Å². The number of piperazine rings is 1. The van der Waals surface area contributed by atoms with Crippen LogP contribution in [-0.4, -0.2) is 53.6 Å². The Balaban J connectivity index is 2.42. The van der Waals surface area contributed by atoms with Crippen LogP contribution in [0.2, 0.25) is 0 Å². The van der Waals surface area contributed by atoms with E-state index < -0.39 is 0 Å². The molecule has 0 radical (unpaired) electrons. The highest BCUT2D eigenvalue weighted by molar-refractivity contribution is 5.77. The second kappa shape index (κ2) is 5.00. The minimum absolute atomic E-state index is 0.164. The highest BCUT2D eigenvalue weighted by Crippen LogP contribution is 2.08. The molecule has 1 fully saturated rings. The first-order valence-corrected chi connectivity index (χ1v) is 4.95. The molecule has 0 saturated carbocycles. The van der Waals surface area contributed by atoms with Crippen molar-refractivity contribution in [3.63, 3.8) is 0 Å². The lowest BCUT2D eigenvalue weighted by Gasteiger charge is -2.36. The van der Waals surface area contributed by atoms with Gasteiger partial charge in [0.2, 0.25) is 5.91 Å². The van der Waals surface area contributed by atoms with Crippen molar-refractivity contribution in [1.82, 2.24) is 9.80 Å². The number of hydrogen-bond acceptors (Lipinski definition) is 3. The number of nitrogens with zero attached hydrogens (tertiary/aromatic N) is 2. The third-order valence-electron chi connectivity index (χ3n) is 2.68. The van der Waals surface area contributed by atoms with Crippen LogP contribution in [0.3, 0.4) is 0 Å². The van der Waals surface area contributed by atoms with E-state index in [9.17, 15) is 4.79 Å². The lowest BCUT2D eigenvalue weighted by molar-refractivity contribution is -0.135. The summed E-state index contributed by atoms with van der Waals surface area (Å²) in [6.07, 6.45) is 2.07. The van der Waals surface area contributed by atoms with Crippen LogP contribution in [0.1, 0.15) is 13.8 Å². The Morgan fingerprint density at radius 2 is 1.79 bits per heavy atom. The minimum atomic E-state index is -0.372. The Bertz CT molecular complexity index is 230. The SMILES string of the molecule is C/C=C(\C)N1CCN(C(=O)CO)CC1. The van der Waals surface area contributed by atoms with E-state index in [4.69, 9.17) is 5.11 Å². The normalized spacial score (nSPS) is 18.6. The van der Waals surface area contributed by atoms with Crippen LogP contribution in [0, 0.1) is 0 Å². The van der Waals surface area contributed by atoms with Crippen molar-refractivity contribution < 1.29 is 9.90 Å². The number of carbonyl (C=O) groups is 1. The van der Waals surface area contributed by atoms with Gasteiger partial charge in [0.05, 0.1) is 0 Å². The summed E-state index contributed by atoms with van der Waals surface area (Å²) < 4.78 is 0. The highest BCUT2D eigenvalue weighted by atomic mass is 16.3. The van der Waals surface area contributed by atoms with Gasteiger partial charge in [0, 0.05) is 31.9 Å². The molecule has 0 aromatic rings. The molecule has 1 aliphatic heterocycles. The molecule has 0 aromatic heterocycles. The molecule has 0 spiro atoms. The first-order chi connectivity index (χ1) is 6.69. The van der Waals surface area contributed by atoms with Crippen LogP contribution in [-0.2, 0) is 4.79 Å². The quantitative estimate of drug-likeness (QED) is 0.681. The van der Waals surface area contributed by atoms with E-state index in [-0.39, 0.29) is 12.5 Å². The molecule has 4 heteroatoms. The van der Waals surface area contributed by atoms with Crippen LogP contribution in [0.4, 0.5) is 0 Å². The number of amides is 1. The summed E-state index contributed by atoms with van der Waals surface area (Å²) in [5.74, 6) is -0.164. The van der Waals surface area contributed by atoms with E-state index in [1.807, 2.05) is 6.92 Å². The molecule has 1 saturated heterocycles. The predicted octanol–water partition coefficient (Wildman–Crippen LogP) is 0.0466. The first kappa shape index (κ1) is 11.0. The number of hydrogen-bond donors (Lipinski definition) is 1. The number of aliphatic hydroxyl groups excluding tert-OH is 1. The van der Waals surface area contributed by atoms with E-state index in [1.165, 1.54) is 5.70 Å². The van der Waals surface area contributed by atoms with Crippen molar-refractivity contribution in [1.29, 1.82) is 0 Å². The fourth-order valence-electron chi connectivity index (χ4n) is 1.59. The summed E-state index contributed by atoms with van der Waals surface area (Å²) in [6.45, 7) is 6.87. The third kappa shape index (κ3) is 2.48. The maximum absolute atomic E-state index is 11.2. The summed E-state index contributed by atoms with van der Waals surface area (Å²) in [5.41, 5.74) is 1.25. The van der Waals surface area contributed by atoms with Gasteiger partial charge in [0.15, 0.2) is 0 Å². The van der Waals surface area contributed by atoms with E-state index in [0.29, 0.717) is 13.1 Å². The van der Waals surface area contributed by atoms with Crippen molar-refractivity contribution in [2.75, 3.05) is 32.8 Å². The molecule has 0 unspecified atom stereocenters. The van der Waals surface area contributed by atoms with Crippen molar-refractivity contribution in [2.45, 2.75) is 13.8 Å². The minimum Gasteiger partial charge on any atom is -0.387 e. The Hall–Kier alpha value is -1.03. The molecule has 0 bridgehead atoms. The standard InChI is InChI=1S/C10H18N2O2/c1-3-9(2)11-4-6-12(7-5-11)10(14)8-13/h3,13H,4-8H2,1-2H3/b9-3+. The summed E-state index contributed by atoms with van der Waals surface area (Å²) in [6, 6.07) is 0. The molecular formula is C10H18N2O2. The molecule has 1 heterocycles. The largest absolute Gasteiger partial charge is 0.387 e. The van der Waals surface area contributed by atoms with Crippen molar-refractivity contribution in [3.05, 3.63) is 11.8 Å². The van der Waals surface area contributed by atoms with Crippen LogP contribution in [0.15, 0.2) is 11.8 Å². The lowest BCUT2D eigenvalue weighted by Crippen LogP contribution is -2.48. The zero-order chi connectivity index (χ0) is 10.6. The lowest BCUT2D eigenvalue weighted by atomic mass is 10.2. The van der Waals surface area contributed by atoms with Gasteiger partial charge in [-0.3, -0.25) is 4.79 Å². The molecule has 1 rings (SSSR count). The van der Waals surface area contributed by atoms with E-state index in [0.717, 1.165) is 13.1 Å². The smallest absolute Gasteiger partial charge is 0.248 e. The molecule has 0 atom stereocenters. The van der Waals surface area contributed by atoms with Gasteiger partial charge >= 0.3 is 0 Å². The topological polar surface area (TPSA) is 43.8 Å². The summed E-state index contributed by atoms with van der Waals surface area (Å²) >= 11 is 0. The summed E-state index contributed by atoms with van der Waals surface area (Å²) in [7, 11) is 0. The molecule has 4 nitrogen and oxygen atoms in total. The summed E-state index contributed by atoms with van der Waals surface area (Å²) in [4.78, 5) is 15.1. The average Bonchev–Trinajstić information content (AvgIpc) is 2.27. The molecule has 0 aliphatic carbocycles. The monoisotopic (exact) mass is 198 g/mol. The van der Waals surface area contributed by atoms with Gasteiger partial charge in [0.1, 0.15) is 6.61 Å². The van der Waals surface area contributed by atoms with Crippen molar-refractivity contribution in [3.8, 4) is 0 Å². The van der Waals surface area contributed by atoms with Gasteiger partial charge in [-0.2, -0.15) is 0 Å². The molecule has 14 heavy (non-hydrogen) atoms. The Morgan fingerprint density at radius 3 is 2.21 bits per heavy atom. The molecule has 1 amide bonds. The maximum Gasteiger partial charge on any atom is 0.248 e. The molecule has 1 aliphatic rings. The zero-order valence-electron chi connectivity index (χ0n) is 8.86. The van der Waals surface area contributed by atoms with Gasteiger partial charge < -0.3 is 14.9 Å². The number of allylic oxidation sites excluding steroid dienone is 2. The van der Waals surface area contributed by atoms with Gasteiger partial charge in [-0.25, -0.2) is 0 Å². The van der Waals surface area contributed by atoms with Gasteiger partial charge in [-0.15, -0.1) is 0 Å². The second-order valence-corrected chi connectivity index (χ2v) is 3.46. The fraction of sp³-hybridized carbons (Fsp3) is 0.700. The van der Waals surface area contributed by atoms with E-state index in [1.54, 1.807) is 4.90 Å². The van der Waals surface area contributed by atoms with Gasteiger partial charge in [-0.05, 0) is 13.8 Å². The predicted molar refractivity (Wildman–Crippen MR) is 54.7 cm³/mol. The molecule has 80 valence electrons. The van der Waals surface area contributed by atoms with Crippen molar-refractivity contribution in [2.24, 2.45) is 0 Å². The third-order valence-corrected chi connectivity index (χ3v) is 2.68. The Kier molecular flexibility index (Phi) is 3.95. The maximum atomic E-state index is 11.2. The summed E-state index contributed by atoms with van der Waals surface area (Å²) in [5, 5.41) is 8.69. The van der Waals surface area contributed by atoms with Crippen molar-refractivity contribution >= 4 is 5.91 Å². The highest BCUT2D eigenvalue weighted by Gasteiger charge is 2.19. The van der Waals surface area contributed by atoms with Crippen LogP contribution in [0.5, 0.6) is 0 Å². The van der Waals surface area contributed by atoms with Crippen LogP contribution in [0.25, 0.3) is 0 Å². The second-order valence-electron chi connectivity index (χ2n) is 3.46. The molecular weight excluding hydrogens is 180 g/mol. The fourth-order valence-corrected chi connectivity index (χ4v) is 1.59. The molecule has 1 N–H and O–H groups in total. The van der Waals surface area contributed by atoms with Crippen LogP contribution >= 0.6 is 0 Å². The average molecular weight is 198 g/mol. The number of carbonyl (C=O) groups excluding carboxylic acids is 1. The number of aliphatic hydroxyl groups is 1. The number of rotatable bonds is 2. The van der Waals surface area contributed by atoms with E-state index >= 15 is 0 Å².